The smallest absolute Gasteiger partial charge is 0.000710 e. The molecule has 2 aromatic rings. The standard InChI is InChI=1S/C28H36/c1-22(24-18-20-28(21-19-24)26-10-6-3-7-11-26)12-13-23-14-16-27(17-15-23)25-8-4-2-5-9-25/h12-22,25-26H,2-11H2,1H3. The van der Waals surface area contributed by atoms with Gasteiger partial charge in [0.05, 0.1) is 0 Å². The van der Waals surface area contributed by atoms with Crippen molar-refractivity contribution in [1.82, 2.24) is 0 Å². The molecule has 2 aromatic carbocycles. The molecule has 0 aromatic heterocycles. The average molecular weight is 373 g/mol. The summed E-state index contributed by atoms with van der Waals surface area (Å²) in [6.07, 6.45) is 18.6. The highest BCUT2D eigenvalue weighted by molar-refractivity contribution is 5.51. The minimum atomic E-state index is 0.457. The van der Waals surface area contributed by atoms with Gasteiger partial charge < -0.3 is 0 Å². The summed E-state index contributed by atoms with van der Waals surface area (Å²) < 4.78 is 0. The molecular weight excluding hydrogens is 336 g/mol. The van der Waals surface area contributed by atoms with Gasteiger partial charge in [0.25, 0.3) is 0 Å². The summed E-state index contributed by atoms with van der Waals surface area (Å²) in [7, 11) is 0. The zero-order valence-corrected chi connectivity index (χ0v) is 17.6. The number of hydrogen-bond acceptors (Lipinski definition) is 0. The Hall–Kier alpha value is -1.82. The number of allylic oxidation sites excluding steroid dienone is 1. The van der Waals surface area contributed by atoms with Crippen molar-refractivity contribution in [3.63, 3.8) is 0 Å². The molecule has 0 radical (unpaired) electrons. The van der Waals surface area contributed by atoms with Gasteiger partial charge in [-0.25, -0.2) is 0 Å². The van der Waals surface area contributed by atoms with E-state index in [2.05, 4.69) is 67.6 Å². The molecule has 0 heterocycles. The SMILES string of the molecule is CC(C=Cc1ccc(C2CCCCC2)cc1)c1ccc(C2CCCCC2)cc1. The molecule has 0 heteroatoms. The summed E-state index contributed by atoms with van der Waals surface area (Å²) in [6, 6.07) is 18.8. The van der Waals surface area contributed by atoms with E-state index in [0.29, 0.717) is 5.92 Å². The van der Waals surface area contributed by atoms with E-state index >= 15 is 0 Å². The third kappa shape index (κ3) is 4.96. The van der Waals surface area contributed by atoms with Crippen molar-refractivity contribution < 1.29 is 0 Å². The van der Waals surface area contributed by atoms with Crippen molar-refractivity contribution >= 4 is 6.08 Å². The van der Waals surface area contributed by atoms with Gasteiger partial charge in [-0.05, 0) is 65.7 Å². The minimum absolute atomic E-state index is 0.457. The van der Waals surface area contributed by atoms with Gasteiger partial charge in [0.2, 0.25) is 0 Å². The van der Waals surface area contributed by atoms with Gasteiger partial charge in [0.1, 0.15) is 0 Å². The van der Waals surface area contributed by atoms with E-state index < -0.39 is 0 Å². The van der Waals surface area contributed by atoms with E-state index in [1.807, 2.05) is 0 Å². The van der Waals surface area contributed by atoms with Gasteiger partial charge in [0.15, 0.2) is 0 Å². The second-order valence-electron chi connectivity index (χ2n) is 9.15. The summed E-state index contributed by atoms with van der Waals surface area (Å²) in [5.74, 6) is 2.06. The van der Waals surface area contributed by atoms with Crippen molar-refractivity contribution in [3.05, 3.63) is 76.9 Å². The summed E-state index contributed by atoms with van der Waals surface area (Å²) in [4.78, 5) is 0. The molecular formula is C28H36. The summed E-state index contributed by atoms with van der Waals surface area (Å²) in [5.41, 5.74) is 5.85. The maximum absolute atomic E-state index is 2.38. The molecule has 4 rings (SSSR count). The second-order valence-corrected chi connectivity index (χ2v) is 9.15. The van der Waals surface area contributed by atoms with Crippen LogP contribution < -0.4 is 0 Å². The Bertz CT molecular complexity index is 738. The average Bonchev–Trinajstić information content (AvgIpc) is 2.79. The highest BCUT2D eigenvalue weighted by Gasteiger charge is 2.16. The van der Waals surface area contributed by atoms with Crippen molar-refractivity contribution in [3.8, 4) is 0 Å². The molecule has 0 N–H and O–H groups in total. The Kier molecular flexibility index (Phi) is 6.68. The lowest BCUT2D eigenvalue weighted by molar-refractivity contribution is 0.443. The normalized spacial score (nSPS) is 20.5. The van der Waals surface area contributed by atoms with Crippen LogP contribution in [0.3, 0.4) is 0 Å². The third-order valence-corrected chi connectivity index (χ3v) is 7.13. The number of hydrogen-bond donors (Lipinski definition) is 0. The van der Waals surface area contributed by atoms with E-state index in [1.165, 1.54) is 75.3 Å². The van der Waals surface area contributed by atoms with Crippen molar-refractivity contribution in [1.29, 1.82) is 0 Å². The quantitative estimate of drug-likeness (QED) is 0.493. The molecule has 0 nitrogen and oxygen atoms in total. The molecule has 28 heavy (non-hydrogen) atoms. The zero-order chi connectivity index (χ0) is 19.2. The van der Waals surface area contributed by atoms with Gasteiger partial charge >= 0.3 is 0 Å². The van der Waals surface area contributed by atoms with Gasteiger partial charge in [0, 0.05) is 0 Å². The van der Waals surface area contributed by atoms with E-state index in [4.69, 9.17) is 0 Å². The van der Waals surface area contributed by atoms with Crippen LogP contribution in [0.2, 0.25) is 0 Å². The Balaban J connectivity index is 1.35. The van der Waals surface area contributed by atoms with Crippen LogP contribution in [0.15, 0.2) is 54.6 Å². The van der Waals surface area contributed by atoms with Crippen molar-refractivity contribution in [2.45, 2.75) is 88.9 Å². The van der Waals surface area contributed by atoms with Gasteiger partial charge in [-0.15, -0.1) is 0 Å². The fraction of sp³-hybridized carbons (Fsp3) is 0.500. The minimum Gasteiger partial charge on any atom is -0.0767 e. The number of benzene rings is 2. The van der Waals surface area contributed by atoms with Crippen LogP contribution in [-0.4, -0.2) is 0 Å². The van der Waals surface area contributed by atoms with E-state index in [-0.39, 0.29) is 0 Å². The maximum Gasteiger partial charge on any atom is -0.000710 e. The van der Waals surface area contributed by atoms with Crippen LogP contribution in [-0.2, 0) is 0 Å². The Labute approximate surface area is 172 Å². The Morgan fingerprint density at radius 2 is 1.11 bits per heavy atom. The molecule has 0 bridgehead atoms. The maximum atomic E-state index is 2.38. The Morgan fingerprint density at radius 1 is 0.643 bits per heavy atom. The molecule has 2 fully saturated rings. The monoisotopic (exact) mass is 372 g/mol. The predicted molar refractivity (Wildman–Crippen MR) is 122 cm³/mol. The van der Waals surface area contributed by atoms with Crippen LogP contribution in [0, 0.1) is 0 Å². The predicted octanol–water partition coefficient (Wildman–Crippen LogP) is 8.60. The molecule has 2 saturated carbocycles. The van der Waals surface area contributed by atoms with E-state index in [0.717, 1.165) is 11.8 Å². The van der Waals surface area contributed by atoms with Crippen LogP contribution in [0.25, 0.3) is 6.08 Å². The fourth-order valence-electron chi connectivity index (χ4n) is 5.19. The van der Waals surface area contributed by atoms with Gasteiger partial charge in [-0.2, -0.15) is 0 Å². The van der Waals surface area contributed by atoms with Crippen molar-refractivity contribution in [2.24, 2.45) is 0 Å². The van der Waals surface area contributed by atoms with Crippen LogP contribution in [0.5, 0.6) is 0 Å². The highest BCUT2D eigenvalue weighted by Crippen LogP contribution is 2.34. The largest absolute Gasteiger partial charge is 0.0767 e. The third-order valence-electron chi connectivity index (χ3n) is 7.13. The first-order valence-corrected chi connectivity index (χ1v) is 11.7. The lowest BCUT2D eigenvalue weighted by Crippen LogP contribution is -2.04. The molecule has 1 atom stereocenters. The summed E-state index contributed by atoms with van der Waals surface area (Å²) in [6.45, 7) is 2.31. The lowest BCUT2D eigenvalue weighted by atomic mass is 9.83. The number of rotatable bonds is 5. The first kappa shape index (κ1) is 19.5. The van der Waals surface area contributed by atoms with Crippen LogP contribution >= 0.6 is 0 Å². The van der Waals surface area contributed by atoms with E-state index in [9.17, 15) is 0 Å². The lowest BCUT2D eigenvalue weighted by Gasteiger charge is -2.22. The van der Waals surface area contributed by atoms with Crippen molar-refractivity contribution in [2.75, 3.05) is 0 Å². The zero-order valence-electron chi connectivity index (χ0n) is 17.6. The molecule has 0 spiro atoms. The summed E-state index contributed by atoms with van der Waals surface area (Å²) >= 11 is 0. The molecule has 2 aliphatic carbocycles. The van der Waals surface area contributed by atoms with E-state index in [1.54, 1.807) is 11.1 Å². The van der Waals surface area contributed by atoms with Gasteiger partial charge in [-0.3, -0.25) is 0 Å². The molecule has 0 saturated heterocycles. The summed E-state index contributed by atoms with van der Waals surface area (Å²) in [5, 5.41) is 0. The van der Waals surface area contributed by atoms with Crippen LogP contribution in [0.1, 0.15) is 111 Å². The van der Waals surface area contributed by atoms with Crippen LogP contribution in [0.4, 0.5) is 0 Å². The molecule has 0 amide bonds. The first-order valence-electron chi connectivity index (χ1n) is 11.7. The molecule has 2 aliphatic rings. The second kappa shape index (κ2) is 9.59. The Morgan fingerprint density at radius 3 is 1.61 bits per heavy atom. The molecule has 148 valence electrons. The van der Waals surface area contributed by atoms with Gasteiger partial charge in [-0.1, -0.05) is 106 Å². The molecule has 0 aliphatic heterocycles. The fourth-order valence-corrected chi connectivity index (χ4v) is 5.19. The molecule has 1 unspecified atom stereocenters. The topological polar surface area (TPSA) is 0 Å². The first-order chi connectivity index (χ1) is 13.8. The highest BCUT2D eigenvalue weighted by atomic mass is 14.2.